The maximum atomic E-state index is 12.2. The van der Waals surface area contributed by atoms with Crippen molar-refractivity contribution in [1.29, 1.82) is 0 Å². The zero-order chi connectivity index (χ0) is 15.7. The fraction of sp³-hybridized carbons (Fsp3) is 0.765. The molecule has 0 bridgehead atoms. The Labute approximate surface area is 137 Å². The molecule has 0 radical (unpaired) electrons. The average Bonchev–Trinajstić information content (AvgIpc) is 3.08. The zero-order valence-corrected chi connectivity index (χ0v) is 14.8. The molecule has 122 valence electrons. The van der Waals surface area contributed by atoms with Gasteiger partial charge in [-0.25, -0.2) is 4.98 Å². The maximum Gasteiger partial charge on any atom is 0.225 e. The number of carbonyl (C=O) groups excluding carboxylic acids is 1. The molecule has 4 nitrogen and oxygen atoms in total. The number of aromatic nitrogens is 1. The van der Waals surface area contributed by atoms with Crippen LogP contribution < -0.4 is 0 Å². The van der Waals surface area contributed by atoms with E-state index in [-0.39, 0.29) is 5.92 Å². The molecule has 5 heteroatoms. The molecule has 2 heterocycles. The van der Waals surface area contributed by atoms with Crippen molar-refractivity contribution in [3.05, 3.63) is 16.1 Å². The standard InChI is InChI=1S/C17H27N3OS/c1-13-18-15(12-22-13)11-20-8-6-17(7-9-20)5-4-14(10-17)16(21)19(2)3/h12,14H,4-11H2,1-3H3. The summed E-state index contributed by atoms with van der Waals surface area (Å²) in [6.07, 6.45) is 5.91. The number of likely N-dealkylation sites (tertiary alicyclic amines) is 1. The molecule has 1 saturated heterocycles. The lowest BCUT2D eigenvalue weighted by molar-refractivity contribution is -0.133. The summed E-state index contributed by atoms with van der Waals surface area (Å²) in [7, 11) is 3.76. The van der Waals surface area contributed by atoms with Crippen LogP contribution in [-0.2, 0) is 11.3 Å². The Hall–Kier alpha value is -0.940. The summed E-state index contributed by atoms with van der Waals surface area (Å²) in [5, 5.41) is 3.34. The first-order valence-corrected chi connectivity index (χ1v) is 9.20. The molecule has 1 atom stereocenters. The molecule has 2 aliphatic rings. The van der Waals surface area contributed by atoms with Crippen LogP contribution in [0.3, 0.4) is 0 Å². The van der Waals surface area contributed by atoms with Gasteiger partial charge < -0.3 is 4.90 Å². The van der Waals surface area contributed by atoms with E-state index in [9.17, 15) is 4.79 Å². The number of hydrogen-bond donors (Lipinski definition) is 0. The number of hydrogen-bond acceptors (Lipinski definition) is 4. The SMILES string of the molecule is Cc1nc(CN2CCC3(CCC(C(=O)N(C)C)C3)CC2)cs1. The quantitative estimate of drug-likeness (QED) is 0.859. The number of carbonyl (C=O) groups is 1. The van der Waals surface area contributed by atoms with Crippen LogP contribution in [0.5, 0.6) is 0 Å². The normalized spacial score (nSPS) is 24.8. The summed E-state index contributed by atoms with van der Waals surface area (Å²) in [6, 6.07) is 0. The highest BCUT2D eigenvalue weighted by molar-refractivity contribution is 7.09. The first-order chi connectivity index (χ1) is 10.5. The van der Waals surface area contributed by atoms with Crippen molar-refractivity contribution in [3.8, 4) is 0 Å². The predicted octanol–water partition coefficient (Wildman–Crippen LogP) is 2.92. The maximum absolute atomic E-state index is 12.2. The number of piperidine rings is 1. The molecular formula is C17H27N3OS. The van der Waals surface area contributed by atoms with Gasteiger partial charge in [0.1, 0.15) is 0 Å². The fourth-order valence-electron chi connectivity index (χ4n) is 4.13. The van der Waals surface area contributed by atoms with Crippen LogP contribution in [-0.4, -0.2) is 47.9 Å². The van der Waals surface area contributed by atoms with Crippen LogP contribution in [0.2, 0.25) is 0 Å². The average molecular weight is 321 g/mol. The van der Waals surface area contributed by atoms with Crippen LogP contribution in [0.4, 0.5) is 0 Å². The van der Waals surface area contributed by atoms with Crippen LogP contribution in [0, 0.1) is 18.3 Å². The van der Waals surface area contributed by atoms with Crippen molar-refractivity contribution in [2.75, 3.05) is 27.2 Å². The van der Waals surface area contributed by atoms with Crippen LogP contribution in [0.15, 0.2) is 5.38 Å². The summed E-state index contributed by atoms with van der Waals surface area (Å²) in [4.78, 5) is 21.1. The van der Waals surface area contributed by atoms with E-state index >= 15 is 0 Å². The number of thiazole rings is 1. The van der Waals surface area contributed by atoms with Gasteiger partial charge in [0.25, 0.3) is 0 Å². The minimum absolute atomic E-state index is 0.266. The molecule has 2 fully saturated rings. The third-order valence-electron chi connectivity index (χ3n) is 5.46. The van der Waals surface area contributed by atoms with Crippen LogP contribution >= 0.6 is 11.3 Å². The van der Waals surface area contributed by atoms with Gasteiger partial charge in [-0.3, -0.25) is 9.69 Å². The summed E-state index contributed by atoms with van der Waals surface area (Å²) in [6.45, 7) is 5.36. The Morgan fingerprint density at radius 3 is 2.73 bits per heavy atom. The molecular weight excluding hydrogens is 294 g/mol. The largest absolute Gasteiger partial charge is 0.349 e. The number of rotatable bonds is 3. The third kappa shape index (κ3) is 3.35. The number of amides is 1. The second-order valence-electron chi connectivity index (χ2n) is 7.31. The molecule has 1 saturated carbocycles. The fourth-order valence-corrected chi connectivity index (χ4v) is 4.74. The van der Waals surface area contributed by atoms with Crippen molar-refractivity contribution >= 4 is 17.2 Å². The van der Waals surface area contributed by atoms with E-state index in [1.54, 1.807) is 16.2 Å². The molecule has 22 heavy (non-hydrogen) atoms. The number of aryl methyl sites for hydroxylation is 1. The highest BCUT2D eigenvalue weighted by Crippen LogP contribution is 2.49. The van der Waals surface area contributed by atoms with Crippen molar-refractivity contribution in [2.45, 2.75) is 45.6 Å². The lowest BCUT2D eigenvalue weighted by Crippen LogP contribution is -2.39. The van der Waals surface area contributed by atoms with Gasteiger partial charge in [0.15, 0.2) is 0 Å². The summed E-state index contributed by atoms with van der Waals surface area (Å²) < 4.78 is 0. The van der Waals surface area contributed by atoms with Gasteiger partial charge in [-0.15, -0.1) is 11.3 Å². The van der Waals surface area contributed by atoms with E-state index < -0.39 is 0 Å². The highest BCUT2D eigenvalue weighted by atomic mass is 32.1. The van der Waals surface area contributed by atoms with Crippen molar-refractivity contribution in [1.82, 2.24) is 14.8 Å². The van der Waals surface area contributed by atoms with Gasteiger partial charge in [0.05, 0.1) is 10.7 Å². The van der Waals surface area contributed by atoms with Crippen LogP contribution in [0.1, 0.15) is 42.8 Å². The Kier molecular flexibility index (Phi) is 4.55. The minimum atomic E-state index is 0.266. The smallest absolute Gasteiger partial charge is 0.225 e. The molecule has 0 N–H and O–H groups in total. The lowest BCUT2D eigenvalue weighted by atomic mass is 9.76. The molecule has 1 aromatic heterocycles. The molecule has 1 aliphatic heterocycles. The second kappa shape index (κ2) is 6.28. The Balaban J connectivity index is 1.52. The highest BCUT2D eigenvalue weighted by Gasteiger charge is 2.43. The van der Waals surface area contributed by atoms with Crippen molar-refractivity contribution < 1.29 is 4.79 Å². The molecule has 1 spiro atoms. The first kappa shape index (κ1) is 15.9. The Morgan fingerprint density at radius 2 is 2.14 bits per heavy atom. The predicted molar refractivity (Wildman–Crippen MR) is 89.8 cm³/mol. The van der Waals surface area contributed by atoms with Gasteiger partial charge in [0.2, 0.25) is 5.91 Å². The van der Waals surface area contributed by atoms with E-state index in [2.05, 4.69) is 22.2 Å². The topological polar surface area (TPSA) is 36.4 Å². The molecule has 0 aromatic carbocycles. The number of nitrogens with zero attached hydrogens (tertiary/aromatic N) is 3. The molecule has 1 aliphatic carbocycles. The van der Waals surface area contributed by atoms with Crippen molar-refractivity contribution in [3.63, 3.8) is 0 Å². The van der Waals surface area contributed by atoms with E-state index in [4.69, 9.17) is 0 Å². The zero-order valence-electron chi connectivity index (χ0n) is 14.0. The minimum Gasteiger partial charge on any atom is -0.349 e. The molecule has 1 amide bonds. The molecule has 3 rings (SSSR count). The third-order valence-corrected chi connectivity index (χ3v) is 6.28. The van der Waals surface area contributed by atoms with Gasteiger partial charge in [-0.05, 0) is 57.5 Å². The Bertz CT molecular complexity index is 532. The summed E-state index contributed by atoms with van der Waals surface area (Å²) >= 11 is 1.74. The van der Waals surface area contributed by atoms with Gasteiger partial charge >= 0.3 is 0 Å². The monoisotopic (exact) mass is 321 g/mol. The van der Waals surface area contributed by atoms with Gasteiger partial charge in [-0.1, -0.05) is 0 Å². The van der Waals surface area contributed by atoms with Gasteiger partial charge in [-0.2, -0.15) is 0 Å². The second-order valence-corrected chi connectivity index (χ2v) is 8.37. The lowest BCUT2D eigenvalue weighted by Gasteiger charge is -2.39. The van der Waals surface area contributed by atoms with Crippen molar-refractivity contribution in [2.24, 2.45) is 11.3 Å². The Morgan fingerprint density at radius 1 is 1.41 bits per heavy atom. The summed E-state index contributed by atoms with van der Waals surface area (Å²) in [5.74, 6) is 0.597. The van der Waals surface area contributed by atoms with E-state index in [0.29, 0.717) is 11.3 Å². The van der Waals surface area contributed by atoms with E-state index in [0.717, 1.165) is 37.5 Å². The van der Waals surface area contributed by atoms with E-state index in [1.807, 2.05) is 14.1 Å². The summed E-state index contributed by atoms with van der Waals surface area (Å²) in [5.41, 5.74) is 1.65. The van der Waals surface area contributed by atoms with Crippen LogP contribution in [0.25, 0.3) is 0 Å². The first-order valence-electron chi connectivity index (χ1n) is 8.32. The van der Waals surface area contributed by atoms with E-state index in [1.165, 1.54) is 25.0 Å². The molecule has 1 aromatic rings. The van der Waals surface area contributed by atoms with Gasteiger partial charge in [0, 0.05) is 31.9 Å². The molecule has 1 unspecified atom stereocenters.